The van der Waals surface area contributed by atoms with Gasteiger partial charge in [-0.15, -0.1) is 0 Å². The molecule has 0 amide bonds. The molecule has 2 aromatic rings. The number of quaternary nitrogens is 1. The van der Waals surface area contributed by atoms with Crippen molar-refractivity contribution >= 4 is 5.97 Å². The average Bonchev–Trinajstić information content (AvgIpc) is 3.18. The lowest BCUT2D eigenvalue weighted by Gasteiger charge is -2.32. The second kappa shape index (κ2) is 9.00. The minimum absolute atomic E-state index is 0. The maximum Gasteiger partial charge on any atom is 0.348 e. The summed E-state index contributed by atoms with van der Waals surface area (Å²) in [5.41, 5.74) is -1.31. The smallest absolute Gasteiger partial charge is 0.348 e. The van der Waals surface area contributed by atoms with Crippen LogP contribution in [0.25, 0.3) is 0 Å². The number of carbonyl (C=O) groups is 1. The van der Waals surface area contributed by atoms with Crippen LogP contribution in [-0.2, 0) is 15.1 Å². The summed E-state index contributed by atoms with van der Waals surface area (Å²) in [5, 5.41) is 11.5. The van der Waals surface area contributed by atoms with Gasteiger partial charge >= 0.3 is 5.97 Å². The summed E-state index contributed by atoms with van der Waals surface area (Å²) in [5.74, 6) is -0.861. The SMILES string of the molecule is [2H]C([2H])([2H])C([2H])([2H])[N+]1(CC)CCC(OC(=O)C(O)(c2ccccc2)c2ccccc2)C1.[Br-]. The largest absolute Gasteiger partial charge is 1.00 e. The summed E-state index contributed by atoms with van der Waals surface area (Å²) in [7, 11) is 0. The van der Waals surface area contributed by atoms with E-state index in [4.69, 9.17) is 11.6 Å². The van der Waals surface area contributed by atoms with E-state index in [-0.39, 0.29) is 41.1 Å². The molecule has 0 bridgehead atoms. The number of rotatable bonds is 6. The molecule has 0 aliphatic carbocycles. The van der Waals surface area contributed by atoms with Crippen LogP contribution in [-0.4, -0.2) is 47.8 Å². The van der Waals surface area contributed by atoms with Crippen molar-refractivity contribution in [1.82, 2.24) is 0 Å². The number of halogens is 1. The van der Waals surface area contributed by atoms with Crippen molar-refractivity contribution in [3.63, 3.8) is 0 Å². The molecular formula is C22H28BrNO3. The molecule has 27 heavy (non-hydrogen) atoms. The third-order valence-corrected chi connectivity index (χ3v) is 5.23. The van der Waals surface area contributed by atoms with Gasteiger partial charge in [-0.25, -0.2) is 4.79 Å². The van der Waals surface area contributed by atoms with Crippen LogP contribution >= 0.6 is 0 Å². The van der Waals surface area contributed by atoms with Crippen LogP contribution in [0.1, 0.15) is 38.2 Å². The van der Waals surface area contributed by atoms with Crippen LogP contribution in [0.15, 0.2) is 60.7 Å². The van der Waals surface area contributed by atoms with Crippen LogP contribution in [0, 0.1) is 0 Å². The van der Waals surface area contributed by atoms with Crippen LogP contribution in [0.4, 0.5) is 0 Å². The first-order valence-electron chi connectivity index (χ1n) is 11.4. The molecule has 2 unspecified atom stereocenters. The number of esters is 1. The third kappa shape index (κ3) is 4.26. The zero-order chi connectivity index (χ0) is 22.9. The number of benzene rings is 2. The monoisotopic (exact) mass is 438 g/mol. The molecule has 1 aliphatic rings. The van der Waals surface area contributed by atoms with Crippen LogP contribution < -0.4 is 17.0 Å². The van der Waals surface area contributed by atoms with Crippen LogP contribution in [0.5, 0.6) is 0 Å². The fraction of sp³-hybridized carbons (Fsp3) is 0.409. The van der Waals surface area contributed by atoms with Crippen molar-refractivity contribution in [3.05, 3.63) is 71.8 Å². The van der Waals surface area contributed by atoms with Gasteiger partial charge in [-0.1, -0.05) is 60.7 Å². The molecule has 1 fully saturated rings. The number of likely N-dealkylation sites (tertiary alicyclic amines) is 1. The van der Waals surface area contributed by atoms with Crippen LogP contribution in [0.2, 0.25) is 0 Å². The van der Waals surface area contributed by atoms with E-state index in [1.54, 1.807) is 67.6 Å². The van der Waals surface area contributed by atoms with Crippen molar-refractivity contribution in [3.8, 4) is 0 Å². The zero-order valence-corrected chi connectivity index (χ0v) is 16.9. The summed E-state index contributed by atoms with van der Waals surface area (Å²) in [6, 6.07) is 17.0. The molecule has 146 valence electrons. The molecule has 0 radical (unpaired) electrons. The highest BCUT2D eigenvalue weighted by molar-refractivity contribution is 5.85. The molecule has 3 rings (SSSR count). The Labute approximate surface area is 179 Å². The first-order chi connectivity index (χ1) is 14.5. The minimum Gasteiger partial charge on any atom is -1.00 e. The van der Waals surface area contributed by atoms with E-state index in [2.05, 4.69) is 0 Å². The lowest BCUT2D eigenvalue weighted by molar-refractivity contribution is -0.914. The fourth-order valence-electron chi connectivity index (χ4n) is 3.53. The summed E-state index contributed by atoms with van der Waals surface area (Å²) < 4.78 is 44.9. The highest BCUT2D eigenvalue weighted by Crippen LogP contribution is 2.32. The van der Waals surface area contributed by atoms with E-state index in [9.17, 15) is 9.90 Å². The molecule has 1 N–H and O–H groups in total. The Morgan fingerprint density at radius 2 is 1.78 bits per heavy atom. The number of likely N-dealkylation sites (N-methyl/N-ethyl adjacent to an activating group) is 1. The second-order valence-corrected chi connectivity index (χ2v) is 6.74. The van der Waals surface area contributed by atoms with Crippen molar-refractivity contribution in [1.29, 1.82) is 0 Å². The van der Waals surface area contributed by atoms with E-state index < -0.39 is 31.0 Å². The van der Waals surface area contributed by atoms with Crippen molar-refractivity contribution < 1.29 is 43.0 Å². The van der Waals surface area contributed by atoms with Gasteiger partial charge in [0.1, 0.15) is 6.54 Å². The lowest BCUT2D eigenvalue weighted by atomic mass is 9.86. The Kier molecular flexibility index (Phi) is 5.09. The Hall–Kier alpha value is -1.69. The maximum atomic E-state index is 13.3. The molecule has 1 heterocycles. The Bertz CT molecular complexity index is 871. The molecule has 0 spiro atoms. The van der Waals surface area contributed by atoms with Crippen molar-refractivity contribution in [2.75, 3.05) is 26.1 Å². The summed E-state index contributed by atoms with van der Waals surface area (Å²) in [6.07, 6.45) is -0.390. The van der Waals surface area contributed by atoms with E-state index in [0.29, 0.717) is 17.5 Å². The normalized spacial score (nSPS) is 25.9. The number of hydrogen-bond donors (Lipinski definition) is 1. The molecule has 2 atom stereocenters. The predicted molar refractivity (Wildman–Crippen MR) is 101 cm³/mol. The lowest BCUT2D eigenvalue weighted by Crippen LogP contribution is -3.00. The maximum absolute atomic E-state index is 13.3. The molecular weight excluding hydrogens is 406 g/mol. The Morgan fingerprint density at radius 1 is 1.22 bits per heavy atom. The minimum atomic E-state index is -2.81. The molecule has 4 nitrogen and oxygen atoms in total. The topological polar surface area (TPSA) is 46.5 Å². The first kappa shape index (κ1) is 15.3. The molecule has 0 aromatic heterocycles. The van der Waals surface area contributed by atoms with Crippen molar-refractivity contribution in [2.24, 2.45) is 0 Å². The number of aliphatic hydroxyl groups is 1. The quantitative estimate of drug-likeness (QED) is 0.513. The Morgan fingerprint density at radius 3 is 2.26 bits per heavy atom. The number of hydrogen-bond acceptors (Lipinski definition) is 3. The molecule has 5 heteroatoms. The summed E-state index contributed by atoms with van der Waals surface area (Å²) in [4.78, 5) is 13.3. The summed E-state index contributed by atoms with van der Waals surface area (Å²) >= 11 is 0. The fourth-order valence-corrected chi connectivity index (χ4v) is 3.53. The molecule has 2 aromatic carbocycles. The highest BCUT2D eigenvalue weighted by Gasteiger charge is 2.45. The molecule has 1 saturated heterocycles. The summed E-state index contributed by atoms with van der Waals surface area (Å²) in [6.45, 7) is -3.03. The third-order valence-electron chi connectivity index (χ3n) is 5.23. The van der Waals surface area contributed by atoms with Gasteiger partial charge in [-0.2, -0.15) is 0 Å². The number of ether oxygens (including phenoxy) is 1. The van der Waals surface area contributed by atoms with Gasteiger partial charge in [0.05, 0.1) is 22.3 Å². The van der Waals surface area contributed by atoms with Crippen molar-refractivity contribution in [2.45, 2.75) is 31.9 Å². The highest BCUT2D eigenvalue weighted by atomic mass is 79.9. The Balaban J connectivity index is 0.00000363. The van der Waals surface area contributed by atoms with E-state index >= 15 is 0 Å². The van der Waals surface area contributed by atoms with E-state index in [1.807, 2.05) is 0 Å². The zero-order valence-electron chi connectivity index (χ0n) is 20.3. The van der Waals surface area contributed by atoms with Gasteiger partial charge in [-0.05, 0) is 24.9 Å². The van der Waals surface area contributed by atoms with E-state index in [1.165, 1.54) is 0 Å². The standard InChI is InChI=1S/C22H28NO3.BrH/c1-3-23(4-2)16-15-20(17-23)26-21(24)22(25,18-11-7-5-8-12-18)19-13-9-6-10-14-19;/h5-14,20,25H,3-4,15-17H2,1-2H3;1H/q+1;/p-1/i1D3,3D2;. The van der Waals surface area contributed by atoms with Gasteiger partial charge in [-0.3, -0.25) is 0 Å². The second-order valence-electron chi connectivity index (χ2n) is 6.74. The molecule has 1 aliphatic heterocycles. The molecule has 0 saturated carbocycles. The van der Waals surface area contributed by atoms with Crippen LogP contribution in [0.3, 0.4) is 0 Å². The average molecular weight is 439 g/mol. The number of carbonyl (C=O) groups excluding carboxylic acids is 1. The van der Waals surface area contributed by atoms with E-state index in [0.717, 1.165) is 0 Å². The van der Waals surface area contributed by atoms with Gasteiger partial charge in [0.2, 0.25) is 5.60 Å². The first-order valence-corrected chi connectivity index (χ1v) is 8.88. The van der Waals surface area contributed by atoms with Gasteiger partial charge < -0.3 is 31.3 Å². The van der Waals surface area contributed by atoms with Gasteiger partial charge in [0, 0.05) is 10.5 Å². The van der Waals surface area contributed by atoms with Gasteiger partial charge in [0.25, 0.3) is 0 Å². The number of nitrogens with zero attached hydrogens (tertiary/aromatic N) is 1. The predicted octanol–water partition coefficient (Wildman–Crippen LogP) is 0.0986. The van der Waals surface area contributed by atoms with Gasteiger partial charge in [0.15, 0.2) is 6.10 Å².